The van der Waals surface area contributed by atoms with Crippen LogP contribution in [0.25, 0.3) is 11.3 Å². The van der Waals surface area contributed by atoms with Crippen molar-refractivity contribution >= 4 is 11.9 Å². The summed E-state index contributed by atoms with van der Waals surface area (Å²) in [5.41, 5.74) is 0.672. The Balaban J connectivity index is 2.13. The Morgan fingerprint density at radius 2 is 2.00 bits per heavy atom. The molecule has 5 heteroatoms. The Hall–Kier alpha value is -2.14. The highest BCUT2D eigenvalue weighted by molar-refractivity contribution is 5.95. The van der Waals surface area contributed by atoms with Crippen molar-refractivity contribution in [2.24, 2.45) is 0 Å². The van der Waals surface area contributed by atoms with E-state index >= 15 is 0 Å². The summed E-state index contributed by atoms with van der Waals surface area (Å²) in [5, 5.41) is 2.58. The highest BCUT2D eigenvalue weighted by Crippen LogP contribution is 2.21. The number of nitrogens with one attached hydrogen (secondary N) is 1. The second kappa shape index (κ2) is 5.24. The lowest BCUT2D eigenvalue weighted by Gasteiger charge is -2.20. The van der Waals surface area contributed by atoms with E-state index in [0.717, 1.165) is 5.56 Å². The smallest absolute Gasteiger partial charge is 0.301 e. The van der Waals surface area contributed by atoms with Crippen LogP contribution in [0.2, 0.25) is 0 Å². The molecule has 0 atom stereocenters. The van der Waals surface area contributed by atoms with Gasteiger partial charge in [0, 0.05) is 12.7 Å². The Labute approximate surface area is 111 Å². The second-order valence-electron chi connectivity index (χ2n) is 4.57. The maximum Gasteiger partial charge on any atom is 0.301 e. The molecule has 0 radical (unpaired) electrons. The first kappa shape index (κ1) is 13.3. The van der Waals surface area contributed by atoms with E-state index in [1.54, 1.807) is 13.8 Å². The van der Waals surface area contributed by atoms with Crippen molar-refractivity contribution in [3.8, 4) is 11.3 Å². The number of hydrogen-bond acceptors (Lipinski definition) is 4. The minimum atomic E-state index is -0.929. The van der Waals surface area contributed by atoms with Gasteiger partial charge in [0.15, 0.2) is 0 Å². The van der Waals surface area contributed by atoms with Crippen LogP contribution >= 0.6 is 0 Å². The molecular formula is C14H16N2O3. The third-order valence-corrected chi connectivity index (χ3v) is 2.85. The van der Waals surface area contributed by atoms with Crippen molar-refractivity contribution < 1.29 is 13.9 Å². The quantitative estimate of drug-likeness (QED) is 0.918. The van der Waals surface area contributed by atoms with Gasteiger partial charge in [0.2, 0.25) is 0 Å². The van der Waals surface area contributed by atoms with Gasteiger partial charge in [0.05, 0.1) is 0 Å². The van der Waals surface area contributed by atoms with Crippen molar-refractivity contribution in [1.29, 1.82) is 0 Å². The molecule has 0 unspecified atom stereocenters. The number of rotatable bonds is 4. The number of methoxy groups -OCH3 is 1. The summed E-state index contributed by atoms with van der Waals surface area (Å²) in [6.07, 6.45) is 1.50. The molecule has 1 heterocycles. The first-order valence-corrected chi connectivity index (χ1v) is 5.90. The summed E-state index contributed by atoms with van der Waals surface area (Å²) >= 11 is 0. The number of carbonyl (C=O) groups is 1. The molecule has 100 valence electrons. The number of anilines is 1. The van der Waals surface area contributed by atoms with Crippen LogP contribution in [0.5, 0.6) is 0 Å². The van der Waals surface area contributed by atoms with Crippen molar-refractivity contribution in [2.75, 3.05) is 12.4 Å². The largest absolute Gasteiger partial charge is 0.431 e. The van der Waals surface area contributed by atoms with Gasteiger partial charge in [-0.05, 0) is 13.8 Å². The molecule has 0 saturated heterocycles. The molecule has 1 aromatic heterocycles. The van der Waals surface area contributed by atoms with Crippen LogP contribution in [-0.4, -0.2) is 23.6 Å². The molecule has 0 spiro atoms. The lowest BCUT2D eigenvalue weighted by Crippen LogP contribution is -2.38. The maximum absolute atomic E-state index is 11.9. The lowest BCUT2D eigenvalue weighted by molar-refractivity contribution is -0.133. The van der Waals surface area contributed by atoms with Gasteiger partial charge in [-0.1, -0.05) is 30.3 Å². The number of ether oxygens (including phenoxy) is 1. The Bertz CT molecular complexity index is 561. The minimum absolute atomic E-state index is 0.161. The number of benzene rings is 1. The standard InChI is InChI=1S/C14H16N2O3/c1-14(2,18-3)12(17)16-13-15-11(9-19-13)10-7-5-4-6-8-10/h4-9H,1-3H3,(H,15,16,17). The average Bonchev–Trinajstić information content (AvgIpc) is 2.88. The molecule has 2 aromatic rings. The van der Waals surface area contributed by atoms with Gasteiger partial charge >= 0.3 is 6.01 Å². The maximum atomic E-state index is 11.9. The van der Waals surface area contributed by atoms with Crippen LogP contribution in [-0.2, 0) is 9.53 Å². The zero-order chi connectivity index (χ0) is 13.9. The average molecular weight is 260 g/mol. The number of amides is 1. The van der Waals surface area contributed by atoms with Gasteiger partial charge in [-0.2, -0.15) is 4.98 Å². The summed E-state index contributed by atoms with van der Waals surface area (Å²) in [5.74, 6) is -0.309. The van der Waals surface area contributed by atoms with Crippen LogP contribution < -0.4 is 5.32 Å². The molecule has 0 aliphatic carbocycles. The summed E-state index contributed by atoms with van der Waals surface area (Å²) < 4.78 is 10.3. The van der Waals surface area contributed by atoms with Crippen LogP contribution in [0.15, 0.2) is 41.0 Å². The fourth-order valence-corrected chi connectivity index (χ4v) is 1.41. The highest BCUT2D eigenvalue weighted by Gasteiger charge is 2.28. The van der Waals surface area contributed by atoms with E-state index in [0.29, 0.717) is 5.69 Å². The molecular weight excluding hydrogens is 244 g/mol. The van der Waals surface area contributed by atoms with Crippen molar-refractivity contribution in [1.82, 2.24) is 4.98 Å². The van der Waals surface area contributed by atoms with Gasteiger partial charge in [0.25, 0.3) is 5.91 Å². The normalized spacial score (nSPS) is 11.3. The zero-order valence-corrected chi connectivity index (χ0v) is 11.1. The van der Waals surface area contributed by atoms with E-state index in [-0.39, 0.29) is 11.9 Å². The SMILES string of the molecule is COC(C)(C)C(=O)Nc1nc(-c2ccccc2)co1. The van der Waals surface area contributed by atoms with Crippen LogP contribution in [0.4, 0.5) is 6.01 Å². The molecule has 2 rings (SSSR count). The van der Waals surface area contributed by atoms with Crippen molar-refractivity contribution in [3.05, 3.63) is 36.6 Å². The number of oxazole rings is 1. The Kier molecular flexibility index (Phi) is 3.66. The fourth-order valence-electron chi connectivity index (χ4n) is 1.41. The lowest BCUT2D eigenvalue weighted by atomic mass is 10.1. The second-order valence-corrected chi connectivity index (χ2v) is 4.57. The molecule has 1 aromatic carbocycles. The van der Waals surface area contributed by atoms with E-state index < -0.39 is 5.60 Å². The molecule has 0 fully saturated rings. The minimum Gasteiger partial charge on any atom is -0.431 e. The van der Waals surface area contributed by atoms with Crippen molar-refractivity contribution in [2.45, 2.75) is 19.4 Å². The summed E-state index contributed by atoms with van der Waals surface area (Å²) in [4.78, 5) is 16.1. The van der Waals surface area contributed by atoms with E-state index in [1.165, 1.54) is 13.4 Å². The molecule has 0 bridgehead atoms. The predicted octanol–water partition coefficient (Wildman–Crippen LogP) is 2.71. The van der Waals surface area contributed by atoms with Crippen LogP contribution in [0.1, 0.15) is 13.8 Å². The zero-order valence-electron chi connectivity index (χ0n) is 11.1. The Morgan fingerprint density at radius 3 is 2.63 bits per heavy atom. The van der Waals surface area contributed by atoms with Crippen molar-refractivity contribution in [3.63, 3.8) is 0 Å². The van der Waals surface area contributed by atoms with E-state index in [2.05, 4.69) is 10.3 Å². The van der Waals surface area contributed by atoms with Gasteiger partial charge in [0.1, 0.15) is 17.6 Å². The molecule has 5 nitrogen and oxygen atoms in total. The molecule has 0 aliphatic rings. The first-order valence-electron chi connectivity index (χ1n) is 5.90. The van der Waals surface area contributed by atoms with Crippen LogP contribution in [0, 0.1) is 0 Å². The third kappa shape index (κ3) is 3.00. The fraction of sp³-hybridized carbons (Fsp3) is 0.286. The predicted molar refractivity (Wildman–Crippen MR) is 71.7 cm³/mol. The number of nitrogens with zero attached hydrogens (tertiary/aromatic N) is 1. The van der Waals surface area contributed by atoms with Gasteiger partial charge in [-0.25, -0.2) is 0 Å². The van der Waals surface area contributed by atoms with E-state index in [9.17, 15) is 4.79 Å². The number of aromatic nitrogens is 1. The van der Waals surface area contributed by atoms with E-state index in [4.69, 9.17) is 9.15 Å². The molecule has 0 aliphatic heterocycles. The van der Waals surface area contributed by atoms with Gasteiger partial charge in [-0.3, -0.25) is 10.1 Å². The summed E-state index contributed by atoms with van der Waals surface area (Å²) in [6, 6.07) is 9.75. The monoisotopic (exact) mass is 260 g/mol. The molecule has 1 N–H and O–H groups in total. The van der Waals surface area contributed by atoms with Gasteiger partial charge in [-0.15, -0.1) is 0 Å². The van der Waals surface area contributed by atoms with Crippen LogP contribution in [0.3, 0.4) is 0 Å². The van der Waals surface area contributed by atoms with Gasteiger partial charge < -0.3 is 9.15 Å². The topological polar surface area (TPSA) is 64.4 Å². The third-order valence-electron chi connectivity index (χ3n) is 2.85. The Morgan fingerprint density at radius 1 is 1.32 bits per heavy atom. The van der Waals surface area contributed by atoms with E-state index in [1.807, 2.05) is 30.3 Å². The molecule has 1 amide bonds. The highest BCUT2D eigenvalue weighted by atomic mass is 16.5. The summed E-state index contributed by atoms with van der Waals surface area (Å²) in [6.45, 7) is 3.34. The molecule has 19 heavy (non-hydrogen) atoms. The molecule has 0 saturated carbocycles. The summed E-state index contributed by atoms with van der Waals surface area (Å²) in [7, 11) is 1.48. The number of carbonyl (C=O) groups excluding carboxylic acids is 1. The first-order chi connectivity index (χ1) is 9.03. The number of hydrogen-bond donors (Lipinski definition) is 1.